The molecule has 0 saturated carbocycles. The van der Waals surface area contributed by atoms with E-state index < -0.39 is 0 Å². The van der Waals surface area contributed by atoms with Gasteiger partial charge in [-0.1, -0.05) is 0 Å². The van der Waals surface area contributed by atoms with E-state index in [4.69, 9.17) is 11.6 Å². The average Bonchev–Trinajstić information content (AvgIpc) is 2.31. The van der Waals surface area contributed by atoms with Crippen LogP contribution in [0.15, 0.2) is 15.9 Å². The molecule has 1 unspecified atom stereocenters. The molecule has 1 rings (SSSR count). The van der Waals surface area contributed by atoms with Crippen molar-refractivity contribution in [3.8, 4) is 0 Å². The molecule has 1 aromatic rings. The summed E-state index contributed by atoms with van der Waals surface area (Å²) in [6, 6.07) is 2.16. The molecule has 0 spiro atoms. The van der Waals surface area contributed by atoms with Crippen LogP contribution in [0.4, 0.5) is 0 Å². The fourth-order valence-electron chi connectivity index (χ4n) is 0.826. The van der Waals surface area contributed by atoms with Crippen LogP contribution >= 0.6 is 38.9 Å². The summed E-state index contributed by atoms with van der Waals surface area (Å²) in [4.78, 5) is 1.41. The molecule has 3 heteroatoms. The fraction of sp³-hybridized carbons (Fsp3) is 0.500. The van der Waals surface area contributed by atoms with Crippen molar-refractivity contribution in [1.29, 1.82) is 0 Å². The molecule has 0 bridgehead atoms. The molecule has 0 aromatic carbocycles. The normalized spacial score (nSPS) is 13.4. The van der Waals surface area contributed by atoms with Gasteiger partial charge in [0.15, 0.2) is 0 Å². The summed E-state index contributed by atoms with van der Waals surface area (Å²) in [6.07, 6.45) is 2.16. The van der Waals surface area contributed by atoms with E-state index in [1.807, 2.05) is 6.92 Å². The number of rotatable bonds is 3. The standard InChI is InChI=1S/C8H10BrClS/c1-6(10)2-3-8-4-7(9)5-11-8/h4-6H,2-3H2,1H3. The van der Waals surface area contributed by atoms with Gasteiger partial charge in [-0.15, -0.1) is 22.9 Å². The largest absolute Gasteiger partial charge is 0.148 e. The van der Waals surface area contributed by atoms with Crippen molar-refractivity contribution in [2.24, 2.45) is 0 Å². The Morgan fingerprint density at radius 1 is 1.73 bits per heavy atom. The smallest absolute Gasteiger partial charge is 0.0311 e. The van der Waals surface area contributed by atoms with Gasteiger partial charge in [0.25, 0.3) is 0 Å². The quantitative estimate of drug-likeness (QED) is 0.713. The zero-order valence-electron chi connectivity index (χ0n) is 6.31. The highest BCUT2D eigenvalue weighted by Gasteiger charge is 2.00. The molecule has 0 aliphatic carbocycles. The summed E-state index contributed by atoms with van der Waals surface area (Å²) in [5, 5.41) is 2.39. The molecule has 62 valence electrons. The zero-order valence-corrected chi connectivity index (χ0v) is 9.47. The average molecular weight is 254 g/mol. The second-order valence-electron chi connectivity index (χ2n) is 2.55. The third-order valence-electron chi connectivity index (χ3n) is 1.41. The van der Waals surface area contributed by atoms with E-state index in [1.54, 1.807) is 11.3 Å². The number of hydrogen-bond donors (Lipinski definition) is 0. The molecule has 0 N–H and O–H groups in total. The monoisotopic (exact) mass is 252 g/mol. The van der Waals surface area contributed by atoms with E-state index in [0.29, 0.717) is 0 Å². The van der Waals surface area contributed by atoms with Gasteiger partial charge >= 0.3 is 0 Å². The number of thiophene rings is 1. The lowest BCUT2D eigenvalue weighted by molar-refractivity contribution is 0.812. The lowest BCUT2D eigenvalue weighted by Crippen LogP contribution is -1.92. The van der Waals surface area contributed by atoms with Crippen LogP contribution < -0.4 is 0 Å². The zero-order chi connectivity index (χ0) is 8.27. The molecule has 1 aromatic heterocycles. The van der Waals surface area contributed by atoms with E-state index in [-0.39, 0.29) is 5.38 Å². The number of alkyl halides is 1. The first-order chi connectivity index (χ1) is 5.18. The maximum Gasteiger partial charge on any atom is 0.0311 e. The number of halogens is 2. The highest BCUT2D eigenvalue weighted by molar-refractivity contribution is 9.10. The summed E-state index contributed by atoms with van der Waals surface area (Å²) in [5.41, 5.74) is 0. The van der Waals surface area contributed by atoms with Crippen LogP contribution in [0.3, 0.4) is 0 Å². The molecule has 0 aliphatic heterocycles. The summed E-state index contributed by atoms with van der Waals surface area (Å²) in [6.45, 7) is 2.03. The summed E-state index contributed by atoms with van der Waals surface area (Å²) in [7, 11) is 0. The van der Waals surface area contributed by atoms with Gasteiger partial charge in [0, 0.05) is 20.1 Å². The van der Waals surface area contributed by atoms with Crippen molar-refractivity contribution in [2.75, 3.05) is 0 Å². The topological polar surface area (TPSA) is 0 Å². The van der Waals surface area contributed by atoms with E-state index >= 15 is 0 Å². The predicted molar refractivity (Wildman–Crippen MR) is 55.7 cm³/mol. The predicted octanol–water partition coefficient (Wildman–Crippen LogP) is 4.07. The van der Waals surface area contributed by atoms with Crippen LogP contribution in [-0.4, -0.2) is 5.38 Å². The second-order valence-corrected chi connectivity index (χ2v) is 5.21. The third kappa shape index (κ3) is 3.59. The van der Waals surface area contributed by atoms with Crippen molar-refractivity contribution < 1.29 is 0 Å². The Morgan fingerprint density at radius 2 is 2.45 bits per heavy atom. The Morgan fingerprint density at radius 3 is 2.91 bits per heavy atom. The summed E-state index contributed by atoms with van der Waals surface area (Å²) >= 11 is 11.0. The van der Waals surface area contributed by atoms with Crippen LogP contribution in [0.5, 0.6) is 0 Å². The summed E-state index contributed by atoms with van der Waals surface area (Å²) < 4.78 is 1.18. The maximum atomic E-state index is 5.83. The minimum Gasteiger partial charge on any atom is -0.148 e. The highest BCUT2D eigenvalue weighted by Crippen LogP contribution is 2.21. The first kappa shape index (κ1) is 9.56. The van der Waals surface area contributed by atoms with Gasteiger partial charge in [0.05, 0.1) is 0 Å². The van der Waals surface area contributed by atoms with Crippen LogP contribution in [0, 0.1) is 0 Å². The Hall–Kier alpha value is 0.470. The van der Waals surface area contributed by atoms with Crippen molar-refractivity contribution in [3.63, 3.8) is 0 Å². The molecule has 0 amide bonds. The van der Waals surface area contributed by atoms with Gasteiger partial charge in [0.2, 0.25) is 0 Å². The van der Waals surface area contributed by atoms with Crippen molar-refractivity contribution in [2.45, 2.75) is 25.1 Å². The molecule has 0 nitrogen and oxygen atoms in total. The van der Waals surface area contributed by atoms with Gasteiger partial charge in [-0.25, -0.2) is 0 Å². The maximum absolute atomic E-state index is 5.83. The van der Waals surface area contributed by atoms with E-state index in [2.05, 4.69) is 27.4 Å². The third-order valence-corrected chi connectivity index (χ3v) is 3.39. The van der Waals surface area contributed by atoms with Gasteiger partial charge in [-0.2, -0.15) is 0 Å². The fourth-order valence-corrected chi connectivity index (χ4v) is 2.41. The Kier molecular flexibility index (Phi) is 3.90. The molecule has 1 heterocycles. The lowest BCUT2D eigenvalue weighted by atomic mass is 10.2. The second kappa shape index (κ2) is 4.48. The molecule has 0 fully saturated rings. The summed E-state index contributed by atoms with van der Waals surface area (Å²) in [5.74, 6) is 0. The molecule has 1 atom stereocenters. The van der Waals surface area contributed by atoms with Gasteiger partial charge in [0.1, 0.15) is 0 Å². The minimum atomic E-state index is 0.288. The van der Waals surface area contributed by atoms with E-state index in [1.165, 1.54) is 9.35 Å². The SMILES string of the molecule is CC(Cl)CCc1cc(Br)cs1. The molecule has 0 aliphatic rings. The van der Waals surface area contributed by atoms with Crippen LogP contribution in [0.2, 0.25) is 0 Å². The number of hydrogen-bond acceptors (Lipinski definition) is 1. The van der Waals surface area contributed by atoms with Crippen molar-refractivity contribution in [3.05, 3.63) is 20.8 Å². The van der Waals surface area contributed by atoms with Crippen LogP contribution in [0.1, 0.15) is 18.2 Å². The van der Waals surface area contributed by atoms with Crippen LogP contribution in [0.25, 0.3) is 0 Å². The highest BCUT2D eigenvalue weighted by atomic mass is 79.9. The Balaban J connectivity index is 2.39. The Bertz CT molecular complexity index is 220. The Labute approximate surface area is 84.7 Å². The molecule has 0 saturated heterocycles. The first-order valence-corrected chi connectivity index (χ1v) is 5.66. The van der Waals surface area contributed by atoms with Crippen molar-refractivity contribution in [1.82, 2.24) is 0 Å². The molecule has 0 radical (unpaired) electrons. The van der Waals surface area contributed by atoms with Gasteiger partial charge in [-0.05, 0) is 41.8 Å². The van der Waals surface area contributed by atoms with Crippen LogP contribution in [-0.2, 0) is 6.42 Å². The molecular formula is C8H10BrClS. The van der Waals surface area contributed by atoms with E-state index in [0.717, 1.165) is 12.8 Å². The lowest BCUT2D eigenvalue weighted by Gasteiger charge is -1.98. The van der Waals surface area contributed by atoms with Crippen molar-refractivity contribution >= 4 is 38.9 Å². The van der Waals surface area contributed by atoms with Gasteiger partial charge < -0.3 is 0 Å². The molecular weight excluding hydrogens is 244 g/mol. The number of aryl methyl sites for hydroxylation is 1. The van der Waals surface area contributed by atoms with Gasteiger partial charge in [-0.3, -0.25) is 0 Å². The molecule has 11 heavy (non-hydrogen) atoms. The van der Waals surface area contributed by atoms with E-state index in [9.17, 15) is 0 Å². The first-order valence-electron chi connectivity index (χ1n) is 3.55. The minimum absolute atomic E-state index is 0.288.